The number of piperidine rings is 1. The van der Waals surface area contributed by atoms with E-state index in [9.17, 15) is 23.9 Å². The third-order valence-electron chi connectivity index (χ3n) is 7.34. The Bertz CT molecular complexity index is 1710. The molecule has 1 saturated heterocycles. The molecule has 0 saturated carbocycles. The number of hydrogen-bond donors (Lipinski definition) is 2. The highest BCUT2D eigenvalue weighted by Crippen LogP contribution is 2.31. The smallest absolute Gasteiger partial charge is 0.450 e. The quantitative estimate of drug-likeness (QED) is 0.156. The SMILES string of the molecule is CC(C)(C)NC(=O)COC(=O)OC1(OC(=O)O)CCN(Cc2ccc(-c3noc(-c4ccc(-c5ccccc5)c(F)c4)n3)cc2)CC1. The van der Waals surface area contributed by atoms with Crippen LogP contribution in [0, 0.1) is 5.82 Å². The first-order chi connectivity index (χ1) is 22.4. The first kappa shape index (κ1) is 33.1. The number of nitrogens with one attached hydrogen (secondary N) is 1. The third-order valence-corrected chi connectivity index (χ3v) is 7.34. The van der Waals surface area contributed by atoms with E-state index in [2.05, 4.69) is 20.4 Å². The van der Waals surface area contributed by atoms with Gasteiger partial charge in [0.2, 0.25) is 5.82 Å². The summed E-state index contributed by atoms with van der Waals surface area (Å²) < 4.78 is 35.5. The summed E-state index contributed by atoms with van der Waals surface area (Å²) in [6.07, 6.45) is -2.65. The van der Waals surface area contributed by atoms with Crippen molar-refractivity contribution in [2.45, 2.75) is 51.5 Å². The molecule has 0 bridgehead atoms. The lowest BCUT2D eigenvalue weighted by molar-refractivity contribution is -0.209. The molecular weight excluding hydrogens is 611 g/mol. The van der Waals surface area contributed by atoms with Crippen LogP contribution in [-0.2, 0) is 25.5 Å². The van der Waals surface area contributed by atoms with Gasteiger partial charge in [0.25, 0.3) is 17.6 Å². The number of carboxylic acid groups (broad SMARTS) is 1. The average molecular weight is 647 g/mol. The maximum absolute atomic E-state index is 14.9. The highest BCUT2D eigenvalue weighted by molar-refractivity contribution is 5.79. The van der Waals surface area contributed by atoms with Crippen LogP contribution in [0.4, 0.5) is 14.0 Å². The minimum absolute atomic E-state index is 0.0687. The number of carbonyl (C=O) groups excluding carboxylic acids is 2. The number of hydrogen-bond acceptors (Lipinski definition) is 10. The molecule has 3 aromatic carbocycles. The highest BCUT2D eigenvalue weighted by Gasteiger charge is 2.43. The van der Waals surface area contributed by atoms with E-state index in [4.69, 9.17) is 18.7 Å². The molecule has 13 heteroatoms. The fraction of sp³-hybridized carbons (Fsp3) is 0.324. The summed E-state index contributed by atoms with van der Waals surface area (Å²) in [4.78, 5) is 42.2. The van der Waals surface area contributed by atoms with E-state index in [1.165, 1.54) is 6.07 Å². The lowest BCUT2D eigenvalue weighted by atomic mass is 10.0. The van der Waals surface area contributed by atoms with Crippen molar-refractivity contribution in [3.05, 3.63) is 84.2 Å². The zero-order valence-electron chi connectivity index (χ0n) is 26.2. The fourth-order valence-corrected chi connectivity index (χ4v) is 5.17. The van der Waals surface area contributed by atoms with Gasteiger partial charge in [-0.3, -0.25) is 9.69 Å². The Kier molecular flexibility index (Phi) is 9.85. The van der Waals surface area contributed by atoms with Gasteiger partial charge in [0.15, 0.2) is 6.61 Å². The van der Waals surface area contributed by atoms with Crippen LogP contribution in [0.15, 0.2) is 77.3 Å². The average Bonchev–Trinajstić information content (AvgIpc) is 3.51. The van der Waals surface area contributed by atoms with Crippen molar-refractivity contribution >= 4 is 18.2 Å². The zero-order chi connectivity index (χ0) is 33.6. The molecule has 1 aliphatic heterocycles. The van der Waals surface area contributed by atoms with Gasteiger partial charge in [0, 0.05) is 54.7 Å². The van der Waals surface area contributed by atoms with Crippen molar-refractivity contribution in [3.63, 3.8) is 0 Å². The lowest BCUT2D eigenvalue weighted by Crippen LogP contribution is -2.50. The summed E-state index contributed by atoms with van der Waals surface area (Å²) in [5.41, 5.74) is 2.88. The number of amides is 1. The van der Waals surface area contributed by atoms with Gasteiger partial charge < -0.3 is 29.2 Å². The first-order valence-electron chi connectivity index (χ1n) is 15.0. The predicted molar refractivity (Wildman–Crippen MR) is 167 cm³/mol. The summed E-state index contributed by atoms with van der Waals surface area (Å²) >= 11 is 0. The minimum atomic E-state index is -1.73. The minimum Gasteiger partial charge on any atom is -0.450 e. The normalized spacial score (nSPS) is 14.6. The van der Waals surface area contributed by atoms with Gasteiger partial charge >= 0.3 is 12.3 Å². The van der Waals surface area contributed by atoms with Crippen LogP contribution in [0.1, 0.15) is 39.2 Å². The standard InChI is InChI=1S/C34H35FN4O8/c1-33(2,3)37-28(40)21-44-32(43)46-34(45-31(41)42)15-17-39(18-16-34)20-22-9-11-24(12-10-22)29-36-30(47-38-29)25-13-14-26(27(35)19-25)23-7-5-4-6-8-23/h4-14,19H,15-18,20-21H2,1-3H3,(H,37,40)(H,41,42). The number of ether oxygens (including phenoxy) is 3. The summed E-state index contributed by atoms with van der Waals surface area (Å²) in [6.45, 7) is 6.02. The molecule has 0 atom stereocenters. The Balaban J connectivity index is 1.16. The van der Waals surface area contributed by atoms with Crippen molar-refractivity contribution in [1.29, 1.82) is 0 Å². The number of aromatic nitrogens is 2. The maximum Gasteiger partial charge on any atom is 0.512 e. The van der Waals surface area contributed by atoms with Crippen LogP contribution >= 0.6 is 0 Å². The van der Waals surface area contributed by atoms with Crippen LogP contribution in [0.3, 0.4) is 0 Å². The third kappa shape index (κ3) is 8.91. The van der Waals surface area contributed by atoms with E-state index in [1.54, 1.807) is 32.9 Å². The van der Waals surface area contributed by atoms with Gasteiger partial charge in [0.1, 0.15) is 5.82 Å². The molecule has 47 heavy (non-hydrogen) atoms. The fourth-order valence-electron chi connectivity index (χ4n) is 5.17. The van der Waals surface area contributed by atoms with Crippen molar-refractivity contribution in [2.24, 2.45) is 0 Å². The molecular formula is C34H35FN4O8. The molecule has 1 aliphatic rings. The Hall–Kier alpha value is -5.30. The molecule has 0 radical (unpaired) electrons. The second-order valence-electron chi connectivity index (χ2n) is 12.2. The Morgan fingerprint density at radius 3 is 2.28 bits per heavy atom. The summed E-state index contributed by atoms with van der Waals surface area (Å²) in [7, 11) is 0. The first-order valence-corrected chi connectivity index (χ1v) is 15.0. The van der Waals surface area contributed by atoms with Crippen LogP contribution in [-0.4, -0.2) is 69.4 Å². The molecule has 2 heterocycles. The molecule has 1 fully saturated rings. The molecule has 2 N–H and O–H groups in total. The zero-order valence-corrected chi connectivity index (χ0v) is 26.2. The van der Waals surface area contributed by atoms with Gasteiger partial charge in [-0.1, -0.05) is 65.8 Å². The second-order valence-corrected chi connectivity index (χ2v) is 12.2. The molecule has 4 aromatic rings. The van der Waals surface area contributed by atoms with Crippen molar-refractivity contribution in [3.8, 4) is 34.0 Å². The van der Waals surface area contributed by atoms with Gasteiger partial charge in [-0.2, -0.15) is 4.98 Å². The molecule has 0 spiro atoms. The van der Waals surface area contributed by atoms with Crippen molar-refractivity contribution in [1.82, 2.24) is 20.4 Å². The topological polar surface area (TPSA) is 153 Å². The molecule has 5 rings (SSSR count). The molecule has 12 nitrogen and oxygen atoms in total. The van der Waals surface area contributed by atoms with Gasteiger partial charge in [-0.05, 0) is 44.0 Å². The highest BCUT2D eigenvalue weighted by atomic mass is 19.1. The summed E-state index contributed by atoms with van der Waals surface area (Å²) in [5.74, 6) is -2.10. The monoisotopic (exact) mass is 646 g/mol. The molecule has 0 unspecified atom stereocenters. The second kappa shape index (κ2) is 14.0. The van der Waals surface area contributed by atoms with E-state index in [1.807, 2.05) is 54.6 Å². The van der Waals surface area contributed by atoms with E-state index < -0.39 is 42.0 Å². The van der Waals surface area contributed by atoms with Crippen molar-refractivity contribution in [2.75, 3.05) is 19.7 Å². The van der Waals surface area contributed by atoms with Crippen LogP contribution < -0.4 is 5.32 Å². The Morgan fingerprint density at radius 2 is 1.64 bits per heavy atom. The molecule has 1 amide bonds. The number of rotatable bonds is 9. The van der Waals surface area contributed by atoms with Crippen LogP contribution in [0.25, 0.3) is 34.0 Å². The van der Waals surface area contributed by atoms with Gasteiger partial charge in [-0.25, -0.2) is 14.0 Å². The molecule has 1 aromatic heterocycles. The number of carbonyl (C=O) groups is 3. The van der Waals surface area contributed by atoms with Gasteiger partial charge in [-0.15, -0.1) is 0 Å². The Morgan fingerprint density at radius 1 is 0.957 bits per heavy atom. The van der Waals surface area contributed by atoms with Gasteiger partial charge in [0.05, 0.1) is 0 Å². The van der Waals surface area contributed by atoms with E-state index in [-0.39, 0.29) is 18.7 Å². The van der Waals surface area contributed by atoms with Crippen LogP contribution in [0.5, 0.6) is 0 Å². The van der Waals surface area contributed by atoms with E-state index in [0.29, 0.717) is 42.1 Å². The number of likely N-dealkylation sites (tertiary alicyclic amines) is 1. The number of halogens is 1. The molecule has 246 valence electrons. The number of benzene rings is 3. The summed E-state index contributed by atoms with van der Waals surface area (Å²) in [6, 6.07) is 21.6. The Labute approximate surface area is 270 Å². The van der Waals surface area contributed by atoms with Crippen molar-refractivity contribution < 1.29 is 42.6 Å². The van der Waals surface area contributed by atoms with E-state index in [0.717, 1.165) is 11.1 Å². The number of nitrogens with zero attached hydrogens (tertiary/aromatic N) is 3. The maximum atomic E-state index is 14.9. The van der Waals surface area contributed by atoms with Crippen LogP contribution in [0.2, 0.25) is 0 Å². The van der Waals surface area contributed by atoms with E-state index >= 15 is 0 Å². The summed E-state index contributed by atoms with van der Waals surface area (Å²) in [5, 5.41) is 16.0. The molecule has 0 aliphatic carbocycles. The lowest BCUT2D eigenvalue weighted by Gasteiger charge is -2.38. The predicted octanol–water partition coefficient (Wildman–Crippen LogP) is 6.26. The largest absolute Gasteiger partial charge is 0.512 e.